The largest absolute Gasteiger partial charge is 0.480 e. The first-order chi connectivity index (χ1) is 9.16. The SMILES string of the molecule is O=C(O)COCCNC(=O)c1ccc2c(c1)NCC2. The van der Waals surface area contributed by atoms with Crippen LogP contribution < -0.4 is 10.6 Å². The Morgan fingerprint density at radius 1 is 1.42 bits per heavy atom. The molecule has 3 N–H and O–H groups in total. The number of amides is 1. The van der Waals surface area contributed by atoms with E-state index in [9.17, 15) is 9.59 Å². The van der Waals surface area contributed by atoms with Crippen molar-refractivity contribution in [2.75, 3.05) is 31.6 Å². The number of nitrogens with one attached hydrogen (secondary N) is 2. The van der Waals surface area contributed by atoms with Crippen LogP contribution in [0.3, 0.4) is 0 Å². The Bertz CT molecular complexity index is 488. The molecule has 102 valence electrons. The lowest BCUT2D eigenvalue weighted by atomic mass is 10.1. The highest BCUT2D eigenvalue weighted by atomic mass is 16.5. The number of carbonyl (C=O) groups excluding carboxylic acids is 1. The molecule has 1 heterocycles. The Hall–Kier alpha value is -2.08. The molecule has 0 radical (unpaired) electrons. The summed E-state index contributed by atoms with van der Waals surface area (Å²) in [4.78, 5) is 22.0. The monoisotopic (exact) mass is 264 g/mol. The topological polar surface area (TPSA) is 87.7 Å². The third kappa shape index (κ3) is 3.69. The highest BCUT2D eigenvalue weighted by molar-refractivity contribution is 5.95. The number of ether oxygens (including phenoxy) is 1. The number of carbonyl (C=O) groups is 2. The molecule has 0 bridgehead atoms. The standard InChI is InChI=1S/C13H16N2O4/c16-12(17)8-19-6-5-15-13(18)10-2-1-9-3-4-14-11(9)7-10/h1-2,7,14H,3-6,8H2,(H,15,18)(H,16,17). The van der Waals surface area contributed by atoms with Crippen LogP contribution in [0.15, 0.2) is 18.2 Å². The number of carboxylic acids is 1. The lowest BCUT2D eigenvalue weighted by molar-refractivity contribution is -0.142. The minimum atomic E-state index is -1.02. The molecule has 0 fully saturated rings. The van der Waals surface area contributed by atoms with E-state index >= 15 is 0 Å². The smallest absolute Gasteiger partial charge is 0.329 e. The molecule has 19 heavy (non-hydrogen) atoms. The summed E-state index contributed by atoms with van der Waals surface area (Å²) < 4.78 is 4.83. The third-order valence-corrected chi connectivity index (χ3v) is 2.84. The van der Waals surface area contributed by atoms with Gasteiger partial charge in [0.05, 0.1) is 6.61 Å². The van der Waals surface area contributed by atoms with Gasteiger partial charge in [0.2, 0.25) is 0 Å². The quantitative estimate of drug-likeness (QED) is 0.651. The molecule has 1 aliphatic rings. The van der Waals surface area contributed by atoms with E-state index in [1.165, 1.54) is 5.56 Å². The van der Waals surface area contributed by atoms with Crippen molar-refractivity contribution in [3.8, 4) is 0 Å². The van der Waals surface area contributed by atoms with Gasteiger partial charge in [-0.2, -0.15) is 0 Å². The first-order valence-electron chi connectivity index (χ1n) is 6.11. The van der Waals surface area contributed by atoms with Crippen molar-refractivity contribution in [3.05, 3.63) is 29.3 Å². The summed E-state index contributed by atoms with van der Waals surface area (Å²) in [5, 5.41) is 14.3. The number of aliphatic carboxylic acids is 1. The van der Waals surface area contributed by atoms with Crippen molar-refractivity contribution in [2.24, 2.45) is 0 Å². The zero-order valence-electron chi connectivity index (χ0n) is 10.4. The molecule has 6 heteroatoms. The average Bonchev–Trinajstić information content (AvgIpc) is 2.84. The summed E-state index contributed by atoms with van der Waals surface area (Å²) in [6, 6.07) is 5.57. The van der Waals surface area contributed by atoms with E-state index in [1.54, 1.807) is 6.07 Å². The average molecular weight is 264 g/mol. The van der Waals surface area contributed by atoms with Gasteiger partial charge in [0.15, 0.2) is 0 Å². The number of fused-ring (bicyclic) bond motifs is 1. The number of hydrogen-bond donors (Lipinski definition) is 3. The van der Waals surface area contributed by atoms with Crippen LogP contribution in [-0.2, 0) is 16.0 Å². The van der Waals surface area contributed by atoms with Crippen molar-refractivity contribution in [1.29, 1.82) is 0 Å². The van der Waals surface area contributed by atoms with E-state index in [0.717, 1.165) is 18.7 Å². The van der Waals surface area contributed by atoms with Crippen molar-refractivity contribution in [2.45, 2.75) is 6.42 Å². The number of rotatable bonds is 6. The molecule has 0 atom stereocenters. The van der Waals surface area contributed by atoms with Crippen LogP contribution in [-0.4, -0.2) is 43.3 Å². The molecular formula is C13H16N2O4. The van der Waals surface area contributed by atoms with Gasteiger partial charge < -0.3 is 20.5 Å². The molecule has 6 nitrogen and oxygen atoms in total. The molecule has 0 aliphatic carbocycles. The van der Waals surface area contributed by atoms with E-state index in [2.05, 4.69) is 10.6 Å². The van der Waals surface area contributed by atoms with Crippen LogP contribution in [0.25, 0.3) is 0 Å². The third-order valence-electron chi connectivity index (χ3n) is 2.84. The lowest BCUT2D eigenvalue weighted by Gasteiger charge is -2.07. The predicted octanol–water partition coefficient (Wildman–Crippen LogP) is 0.486. The number of benzene rings is 1. The maximum absolute atomic E-state index is 11.8. The van der Waals surface area contributed by atoms with Crippen LogP contribution in [0.2, 0.25) is 0 Å². The van der Waals surface area contributed by atoms with E-state index in [0.29, 0.717) is 5.56 Å². The molecule has 2 rings (SSSR count). The van der Waals surface area contributed by atoms with Crippen molar-refractivity contribution < 1.29 is 19.4 Å². The fourth-order valence-electron chi connectivity index (χ4n) is 1.93. The molecule has 0 saturated heterocycles. The molecule has 1 aliphatic heterocycles. The number of carboxylic acid groups (broad SMARTS) is 1. The maximum atomic E-state index is 11.8. The molecule has 0 unspecified atom stereocenters. The first-order valence-corrected chi connectivity index (χ1v) is 6.11. The maximum Gasteiger partial charge on any atom is 0.329 e. The van der Waals surface area contributed by atoms with E-state index < -0.39 is 5.97 Å². The Morgan fingerprint density at radius 2 is 2.26 bits per heavy atom. The zero-order valence-corrected chi connectivity index (χ0v) is 10.4. The van der Waals surface area contributed by atoms with Gasteiger partial charge in [-0.1, -0.05) is 6.07 Å². The fraction of sp³-hybridized carbons (Fsp3) is 0.385. The molecule has 1 aromatic rings. The van der Waals surface area contributed by atoms with Crippen molar-refractivity contribution >= 4 is 17.6 Å². The van der Waals surface area contributed by atoms with E-state index in [-0.39, 0.29) is 25.7 Å². The van der Waals surface area contributed by atoms with Crippen molar-refractivity contribution in [1.82, 2.24) is 5.32 Å². The molecule has 1 aromatic carbocycles. The number of hydrogen-bond acceptors (Lipinski definition) is 4. The van der Waals surface area contributed by atoms with Crippen molar-refractivity contribution in [3.63, 3.8) is 0 Å². The predicted molar refractivity (Wildman–Crippen MR) is 69.4 cm³/mol. The van der Waals surface area contributed by atoms with Crippen LogP contribution in [0.5, 0.6) is 0 Å². The second kappa shape index (κ2) is 6.19. The van der Waals surface area contributed by atoms with Gasteiger partial charge in [0.25, 0.3) is 5.91 Å². The highest BCUT2D eigenvalue weighted by Crippen LogP contribution is 2.22. The van der Waals surface area contributed by atoms with Gasteiger partial charge in [-0.05, 0) is 24.1 Å². The second-order valence-electron chi connectivity index (χ2n) is 4.25. The van der Waals surface area contributed by atoms with Gasteiger partial charge in [-0.15, -0.1) is 0 Å². The fourth-order valence-corrected chi connectivity index (χ4v) is 1.93. The molecule has 0 aromatic heterocycles. The first kappa shape index (κ1) is 13.4. The Kier molecular flexibility index (Phi) is 4.35. The summed E-state index contributed by atoms with van der Waals surface area (Å²) in [7, 11) is 0. The van der Waals surface area contributed by atoms with Gasteiger partial charge in [-0.3, -0.25) is 4.79 Å². The Labute approximate surface area is 110 Å². The highest BCUT2D eigenvalue weighted by Gasteiger charge is 2.13. The van der Waals surface area contributed by atoms with Crippen LogP contribution in [0.4, 0.5) is 5.69 Å². The summed E-state index contributed by atoms with van der Waals surface area (Å²) in [6.45, 7) is 1.03. The van der Waals surface area contributed by atoms with Crippen LogP contribution in [0.1, 0.15) is 15.9 Å². The normalized spacial score (nSPS) is 12.6. The molecule has 0 spiro atoms. The van der Waals surface area contributed by atoms with E-state index in [4.69, 9.17) is 9.84 Å². The number of anilines is 1. The minimum Gasteiger partial charge on any atom is -0.480 e. The Balaban J connectivity index is 1.78. The van der Waals surface area contributed by atoms with Gasteiger partial charge in [-0.25, -0.2) is 4.79 Å². The zero-order chi connectivity index (χ0) is 13.7. The summed E-state index contributed by atoms with van der Waals surface area (Å²) in [6.07, 6.45) is 0.986. The lowest BCUT2D eigenvalue weighted by Crippen LogP contribution is -2.27. The summed E-state index contributed by atoms with van der Waals surface area (Å²) in [5.74, 6) is -1.20. The van der Waals surface area contributed by atoms with Crippen LogP contribution in [0, 0.1) is 0 Å². The van der Waals surface area contributed by atoms with Crippen LogP contribution >= 0.6 is 0 Å². The Morgan fingerprint density at radius 3 is 3.05 bits per heavy atom. The minimum absolute atomic E-state index is 0.182. The summed E-state index contributed by atoms with van der Waals surface area (Å²) >= 11 is 0. The van der Waals surface area contributed by atoms with Gasteiger partial charge in [0, 0.05) is 24.3 Å². The molecule has 1 amide bonds. The van der Waals surface area contributed by atoms with Gasteiger partial charge in [0.1, 0.15) is 6.61 Å². The van der Waals surface area contributed by atoms with Gasteiger partial charge >= 0.3 is 5.97 Å². The summed E-state index contributed by atoms with van der Waals surface area (Å²) in [5.41, 5.74) is 2.82. The second-order valence-corrected chi connectivity index (χ2v) is 4.25. The van der Waals surface area contributed by atoms with E-state index in [1.807, 2.05) is 12.1 Å². The molecule has 0 saturated carbocycles. The molecular weight excluding hydrogens is 248 g/mol.